The van der Waals surface area contributed by atoms with Gasteiger partial charge in [-0.1, -0.05) is 37.5 Å². The molecule has 1 aromatic carbocycles. The summed E-state index contributed by atoms with van der Waals surface area (Å²) in [7, 11) is 0. The molecule has 0 amide bonds. The Balaban J connectivity index is 1.83. The van der Waals surface area contributed by atoms with Gasteiger partial charge in [-0.25, -0.2) is 0 Å². The second-order valence-corrected chi connectivity index (χ2v) is 6.05. The van der Waals surface area contributed by atoms with E-state index in [-0.39, 0.29) is 6.04 Å². The molecule has 1 unspecified atom stereocenters. The monoisotopic (exact) mass is 271 g/mol. The molecule has 3 nitrogen and oxygen atoms in total. The third-order valence-electron chi connectivity index (χ3n) is 4.72. The highest BCUT2D eigenvalue weighted by molar-refractivity contribution is 5.82. The molecule has 1 aromatic heterocycles. The Labute approximate surface area is 121 Å². The predicted molar refractivity (Wildman–Crippen MR) is 83.7 cm³/mol. The number of nitrogens with two attached hydrogens (primary N) is 1. The summed E-state index contributed by atoms with van der Waals surface area (Å²) in [5.41, 5.74) is 8.89. The van der Waals surface area contributed by atoms with Crippen LogP contribution in [0.3, 0.4) is 0 Å². The average molecular weight is 271 g/mol. The van der Waals surface area contributed by atoms with Gasteiger partial charge in [-0.05, 0) is 31.7 Å². The van der Waals surface area contributed by atoms with Crippen molar-refractivity contribution in [2.45, 2.75) is 58.0 Å². The van der Waals surface area contributed by atoms with Crippen molar-refractivity contribution in [3.8, 4) is 0 Å². The zero-order valence-corrected chi connectivity index (χ0v) is 12.4. The molecular weight excluding hydrogens is 246 g/mol. The molecule has 1 saturated carbocycles. The van der Waals surface area contributed by atoms with E-state index in [1.807, 2.05) is 0 Å². The third kappa shape index (κ3) is 2.59. The standard InChI is InChI=1S/C17H25N3/c1-2-20-17-11-7-6-10-14(17)16(19-20)12-15(18)13-8-4-3-5-9-13/h6-7,10-11,13,15H,2-5,8-9,12,18H2,1H3. The van der Waals surface area contributed by atoms with Crippen LogP contribution in [0.4, 0.5) is 0 Å². The number of rotatable bonds is 4. The molecule has 1 fully saturated rings. The van der Waals surface area contributed by atoms with E-state index in [0.717, 1.165) is 13.0 Å². The maximum absolute atomic E-state index is 6.47. The average Bonchev–Trinajstić information content (AvgIpc) is 2.86. The number of aromatic nitrogens is 2. The lowest BCUT2D eigenvalue weighted by Gasteiger charge is -2.27. The predicted octanol–water partition coefficient (Wildman–Crippen LogP) is 3.51. The summed E-state index contributed by atoms with van der Waals surface area (Å²) >= 11 is 0. The van der Waals surface area contributed by atoms with Gasteiger partial charge in [0.2, 0.25) is 0 Å². The van der Waals surface area contributed by atoms with Crippen LogP contribution in [-0.4, -0.2) is 15.8 Å². The third-order valence-corrected chi connectivity index (χ3v) is 4.72. The van der Waals surface area contributed by atoms with E-state index in [1.165, 1.54) is 48.7 Å². The first-order valence-corrected chi connectivity index (χ1v) is 7.99. The fourth-order valence-corrected chi connectivity index (χ4v) is 3.54. The van der Waals surface area contributed by atoms with Gasteiger partial charge in [0.1, 0.15) is 0 Å². The fraction of sp³-hybridized carbons (Fsp3) is 0.588. The SMILES string of the molecule is CCn1nc(CC(N)C2CCCCC2)c2ccccc21. The maximum Gasteiger partial charge on any atom is 0.0718 e. The van der Waals surface area contributed by atoms with E-state index in [0.29, 0.717) is 5.92 Å². The van der Waals surface area contributed by atoms with E-state index in [2.05, 4.69) is 35.9 Å². The first-order valence-electron chi connectivity index (χ1n) is 7.99. The quantitative estimate of drug-likeness (QED) is 0.925. The van der Waals surface area contributed by atoms with Crippen LogP contribution in [0.5, 0.6) is 0 Å². The molecule has 3 rings (SSSR count). The molecule has 108 valence electrons. The highest BCUT2D eigenvalue weighted by Gasteiger charge is 2.22. The number of nitrogens with zero attached hydrogens (tertiary/aromatic N) is 2. The van der Waals surface area contributed by atoms with Crippen molar-refractivity contribution in [2.75, 3.05) is 0 Å². The minimum absolute atomic E-state index is 0.263. The summed E-state index contributed by atoms with van der Waals surface area (Å²) in [4.78, 5) is 0. The van der Waals surface area contributed by atoms with Crippen LogP contribution in [0.2, 0.25) is 0 Å². The van der Waals surface area contributed by atoms with Gasteiger partial charge in [0, 0.05) is 24.4 Å². The maximum atomic E-state index is 6.47. The molecule has 1 aliphatic carbocycles. The number of hydrogen-bond donors (Lipinski definition) is 1. The van der Waals surface area contributed by atoms with E-state index in [4.69, 9.17) is 10.8 Å². The smallest absolute Gasteiger partial charge is 0.0718 e. The summed E-state index contributed by atoms with van der Waals surface area (Å²) < 4.78 is 2.10. The first-order chi connectivity index (χ1) is 9.79. The van der Waals surface area contributed by atoms with Crippen molar-refractivity contribution in [3.05, 3.63) is 30.0 Å². The second kappa shape index (κ2) is 5.96. The highest BCUT2D eigenvalue weighted by Crippen LogP contribution is 2.28. The van der Waals surface area contributed by atoms with Gasteiger partial charge in [0.15, 0.2) is 0 Å². The van der Waals surface area contributed by atoms with E-state index >= 15 is 0 Å². The van der Waals surface area contributed by atoms with Crippen molar-refractivity contribution in [1.29, 1.82) is 0 Å². The fourth-order valence-electron chi connectivity index (χ4n) is 3.54. The summed E-state index contributed by atoms with van der Waals surface area (Å²) in [5, 5.41) is 6.06. The lowest BCUT2D eigenvalue weighted by molar-refractivity contribution is 0.302. The van der Waals surface area contributed by atoms with Crippen LogP contribution >= 0.6 is 0 Å². The summed E-state index contributed by atoms with van der Waals surface area (Å²) in [6.07, 6.45) is 7.60. The number of aryl methyl sites for hydroxylation is 1. The molecule has 2 N–H and O–H groups in total. The van der Waals surface area contributed by atoms with E-state index < -0.39 is 0 Å². The van der Waals surface area contributed by atoms with Crippen molar-refractivity contribution < 1.29 is 0 Å². The molecule has 3 heteroatoms. The molecule has 20 heavy (non-hydrogen) atoms. The van der Waals surface area contributed by atoms with Gasteiger partial charge < -0.3 is 5.73 Å². The number of fused-ring (bicyclic) bond motifs is 1. The topological polar surface area (TPSA) is 43.8 Å². The molecule has 0 spiro atoms. The Morgan fingerprint density at radius 3 is 2.75 bits per heavy atom. The summed E-state index contributed by atoms with van der Waals surface area (Å²) in [6.45, 7) is 3.06. The second-order valence-electron chi connectivity index (χ2n) is 6.05. The van der Waals surface area contributed by atoms with Gasteiger partial charge >= 0.3 is 0 Å². The van der Waals surface area contributed by atoms with Crippen LogP contribution in [0.1, 0.15) is 44.7 Å². The normalized spacial score (nSPS) is 18.5. The molecule has 1 aliphatic rings. The van der Waals surface area contributed by atoms with Crippen LogP contribution in [0.25, 0.3) is 10.9 Å². The largest absolute Gasteiger partial charge is 0.327 e. The minimum Gasteiger partial charge on any atom is -0.327 e. The number of hydrogen-bond acceptors (Lipinski definition) is 2. The molecule has 0 saturated heterocycles. The van der Waals surface area contributed by atoms with E-state index in [9.17, 15) is 0 Å². The molecule has 0 radical (unpaired) electrons. The van der Waals surface area contributed by atoms with Crippen molar-refractivity contribution in [2.24, 2.45) is 11.7 Å². The van der Waals surface area contributed by atoms with Crippen molar-refractivity contribution in [3.63, 3.8) is 0 Å². The van der Waals surface area contributed by atoms with Gasteiger partial charge in [0.05, 0.1) is 11.2 Å². The number of para-hydroxylation sites is 1. The zero-order chi connectivity index (χ0) is 13.9. The minimum atomic E-state index is 0.263. The Hall–Kier alpha value is -1.35. The summed E-state index contributed by atoms with van der Waals surface area (Å²) in [5.74, 6) is 0.689. The van der Waals surface area contributed by atoms with Crippen LogP contribution in [0.15, 0.2) is 24.3 Å². The molecule has 1 atom stereocenters. The Bertz CT molecular complexity index is 567. The highest BCUT2D eigenvalue weighted by atomic mass is 15.3. The molecule has 0 bridgehead atoms. The Morgan fingerprint density at radius 1 is 1.25 bits per heavy atom. The zero-order valence-electron chi connectivity index (χ0n) is 12.4. The van der Waals surface area contributed by atoms with Gasteiger partial charge in [-0.3, -0.25) is 4.68 Å². The molecule has 1 heterocycles. The molecular formula is C17H25N3. The van der Waals surface area contributed by atoms with Crippen LogP contribution in [0, 0.1) is 5.92 Å². The lowest BCUT2D eigenvalue weighted by atomic mass is 9.82. The number of benzene rings is 1. The lowest BCUT2D eigenvalue weighted by Crippen LogP contribution is -2.33. The molecule has 2 aromatic rings. The Kier molecular flexibility index (Phi) is 4.06. The van der Waals surface area contributed by atoms with Gasteiger partial charge in [0.25, 0.3) is 0 Å². The van der Waals surface area contributed by atoms with Gasteiger partial charge in [-0.2, -0.15) is 5.10 Å². The van der Waals surface area contributed by atoms with Crippen LogP contribution < -0.4 is 5.73 Å². The van der Waals surface area contributed by atoms with Crippen molar-refractivity contribution >= 4 is 10.9 Å². The van der Waals surface area contributed by atoms with Gasteiger partial charge in [-0.15, -0.1) is 0 Å². The first kappa shape index (κ1) is 13.6. The summed E-state index contributed by atoms with van der Waals surface area (Å²) in [6, 6.07) is 8.78. The van der Waals surface area contributed by atoms with Crippen LogP contribution in [-0.2, 0) is 13.0 Å². The van der Waals surface area contributed by atoms with Crippen molar-refractivity contribution in [1.82, 2.24) is 9.78 Å². The Morgan fingerprint density at radius 2 is 2.00 bits per heavy atom. The molecule has 0 aliphatic heterocycles. The van der Waals surface area contributed by atoms with E-state index in [1.54, 1.807) is 0 Å².